The van der Waals surface area contributed by atoms with Crippen LogP contribution in [0, 0.1) is 85.2 Å². The third-order valence-corrected chi connectivity index (χ3v) is 23.9. The summed E-state index contributed by atoms with van der Waals surface area (Å²) in [4.78, 5) is 113. The summed E-state index contributed by atoms with van der Waals surface area (Å²) in [6, 6.07) is 0.282. The van der Waals surface area contributed by atoms with Crippen LogP contribution in [0.2, 0.25) is 0 Å². The molecule has 6 aliphatic heterocycles. The Bertz CT molecular complexity index is 3160. The average Bonchev–Trinajstić information content (AvgIpc) is 1.54. The molecule has 116 heavy (non-hydrogen) atoms. The number of rotatable bonds is 29. The van der Waals surface area contributed by atoms with Gasteiger partial charge in [0.25, 0.3) is 0 Å². The van der Waals surface area contributed by atoms with Crippen LogP contribution in [0.4, 0.5) is 0 Å². The van der Waals surface area contributed by atoms with E-state index in [4.69, 9.17) is 47.0 Å². The van der Waals surface area contributed by atoms with Gasteiger partial charge in [-0.3, -0.25) is 43.2 Å². The van der Waals surface area contributed by atoms with Gasteiger partial charge in [-0.1, -0.05) is 166 Å². The lowest BCUT2D eigenvalue weighted by atomic mass is 9.64. The molecule has 674 valence electrons. The Morgan fingerprint density at radius 3 is 1.30 bits per heavy atom. The summed E-state index contributed by atoms with van der Waals surface area (Å²) < 4.78 is 44.7. The molecule has 2 saturated carbocycles. The summed E-state index contributed by atoms with van der Waals surface area (Å²) in [5.41, 5.74) is 19.5. The minimum atomic E-state index is -2.90. The van der Waals surface area contributed by atoms with E-state index < -0.39 is 9.84 Å². The number of carbonyl (C=O) groups is 9. The second-order valence-corrected chi connectivity index (χ2v) is 41.1. The zero-order valence-corrected chi connectivity index (χ0v) is 77.2. The van der Waals surface area contributed by atoms with Gasteiger partial charge in [-0.25, -0.2) is 18.1 Å². The van der Waals surface area contributed by atoms with Gasteiger partial charge in [0.2, 0.25) is 53.2 Å². The fraction of sp³-hybridized carbons (Fsp3) is 0.874. The first-order valence-electron chi connectivity index (χ1n) is 43.4. The van der Waals surface area contributed by atoms with Gasteiger partial charge in [0.15, 0.2) is 9.84 Å². The Kier molecular flexibility index (Phi) is 48.2. The lowest BCUT2D eigenvalue weighted by Gasteiger charge is -2.40. The van der Waals surface area contributed by atoms with Crippen molar-refractivity contribution in [1.82, 2.24) is 40.1 Å². The summed E-state index contributed by atoms with van der Waals surface area (Å²) in [6.07, 6.45) is 17.9. The normalized spacial score (nSPS) is 18.7. The van der Waals surface area contributed by atoms with Crippen LogP contribution in [0.5, 0.6) is 0 Å². The Morgan fingerprint density at radius 1 is 0.509 bits per heavy atom. The first-order valence-corrected chi connectivity index (χ1v) is 45.2. The Balaban J connectivity index is 0.000000655. The Labute approximate surface area is 699 Å². The fourth-order valence-electron chi connectivity index (χ4n) is 15.2. The van der Waals surface area contributed by atoms with E-state index in [-0.39, 0.29) is 115 Å². The number of carbonyl (C=O) groups excluding carboxylic acids is 9. The van der Waals surface area contributed by atoms with Crippen molar-refractivity contribution in [2.75, 3.05) is 110 Å². The van der Waals surface area contributed by atoms with E-state index in [1.54, 1.807) is 11.2 Å². The summed E-state index contributed by atoms with van der Waals surface area (Å²) in [5, 5.41) is 18.2. The molecule has 9 amide bonds. The highest BCUT2D eigenvalue weighted by Crippen LogP contribution is 2.50. The highest BCUT2D eigenvalue weighted by Gasteiger charge is 2.49. The highest BCUT2D eigenvalue weighted by atomic mass is 32.2. The van der Waals surface area contributed by atoms with E-state index in [0.29, 0.717) is 139 Å². The molecule has 1 aromatic heterocycles. The van der Waals surface area contributed by atoms with Crippen LogP contribution < -0.4 is 33.6 Å². The second kappa shape index (κ2) is 51.7. The average molecular weight is 1670 g/mol. The zero-order valence-electron chi connectivity index (χ0n) is 76.4. The molecule has 7 heterocycles. The molecule has 29 heteroatoms. The topological polar surface area (TPSA) is 413 Å². The van der Waals surface area contributed by atoms with Gasteiger partial charge >= 0.3 is 0 Å². The van der Waals surface area contributed by atoms with Gasteiger partial charge in [0, 0.05) is 92.4 Å². The largest absolute Gasteiger partial charge is 0.395 e. The predicted octanol–water partition coefficient (Wildman–Crippen LogP) is 10.6. The number of fused-ring (bicyclic) bond motifs is 1. The molecule has 0 unspecified atom stereocenters. The molecule has 2 aliphatic carbocycles. The molecule has 0 atom stereocenters. The van der Waals surface area contributed by atoms with Gasteiger partial charge in [0.1, 0.15) is 12.2 Å². The zero-order chi connectivity index (χ0) is 88.8. The number of ether oxygens (including phenoxy) is 4. The number of nitrogens with two attached hydrogens (primary N) is 4. The van der Waals surface area contributed by atoms with Gasteiger partial charge in [-0.2, -0.15) is 5.10 Å². The number of hydrogen-bond acceptors (Lipinski definition) is 18. The van der Waals surface area contributed by atoms with Crippen molar-refractivity contribution >= 4 is 63.0 Å². The predicted molar refractivity (Wildman–Crippen MR) is 458 cm³/mol. The SMILES string of the molecule is CC(C)CC(C)(C)C(=O)N1CCOCC1.CC(C)CC(C)(C)C(=O)NCCO.CC(C)CC1(C(N)=O)CC1.CC(C)CC1(C(N)=O)CCC1.CC(C)CC1(C(N)=O)CCOCC1.CC(C)CC1(C(N)=O)COC1.CC(C)CCC(=O)N1CCn2ncnc2C1.CC(C)CCC(=O)NC1COC1.CCC(C)(C)C(=O)N1CCS(=O)(=O)CC1. The number of primary amides is 4. The quantitative estimate of drug-likeness (QED) is 0.0392. The van der Waals surface area contributed by atoms with Gasteiger partial charge in [0.05, 0.1) is 87.7 Å². The van der Waals surface area contributed by atoms with Crippen LogP contribution in [0.15, 0.2) is 6.33 Å². The number of amides is 9. The lowest BCUT2D eigenvalue weighted by molar-refractivity contribution is -0.161. The number of nitrogens with one attached hydrogen (secondary N) is 2. The second-order valence-electron chi connectivity index (χ2n) is 38.8. The van der Waals surface area contributed by atoms with Crippen molar-refractivity contribution in [1.29, 1.82) is 0 Å². The third kappa shape index (κ3) is 40.5. The minimum absolute atomic E-state index is 0.00347. The van der Waals surface area contributed by atoms with E-state index in [1.807, 2.05) is 62.9 Å². The molecule has 0 bridgehead atoms. The summed E-state index contributed by atoms with van der Waals surface area (Å²) in [6.45, 7) is 57.5. The van der Waals surface area contributed by atoms with E-state index in [1.165, 1.54) is 6.42 Å². The van der Waals surface area contributed by atoms with Crippen molar-refractivity contribution in [3.05, 3.63) is 12.2 Å². The number of aromatic nitrogens is 3. The number of sulfone groups is 1. The number of nitrogens with zero attached hydrogens (tertiary/aromatic N) is 6. The molecule has 28 nitrogen and oxygen atoms in total. The monoisotopic (exact) mass is 1670 g/mol. The van der Waals surface area contributed by atoms with Gasteiger partial charge in [-0.15, -0.1) is 0 Å². The molecular formula is C87H164N12O16S. The molecule has 8 aliphatic rings. The molecule has 1 aromatic rings. The van der Waals surface area contributed by atoms with Gasteiger partial charge < -0.3 is 72.3 Å². The lowest BCUT2D eigenvalue weighted by Crippen LogP contribution is -2.53. The van der Waals surface area contributed by atoms with Crippen molar-refractivity contribution in [3.8, 4) is 0 Å². The van der Waals surface area contributed by atoms with Crippen LogP contribution >= 0.6 is 0 Å². The van der Waals surface area contributed by atoms with Crippen molar-refractivity contribution < 1.29 is 75.6 Å². The minimum Gasteiger partial charge on any atom is -0.395 e. The van der Waals surface area contributed by atoms with Crippen molar-refractivity contribution in [2.45, 2.75) is 294 Å². The maximum absolute atomic E-state index is 12.2. The molecule has 0 aromatic carbocycles. The van der Waals surface area contributed by atoms with Crippen LogP contribution in [0.1, 0.15) is 281 Å². The maximum Gasteiger partial charge on any atom is 0.228 e. The number of aliphatic hydroxyl groups excluding tert-OH is 1. The van der Waals surface area contributed by atoms with Crippen LogP contribution in [-0.2, 0) is 85.0 Å². The fourth-order valence-corrected chi connectivity index (χ4v) is 16.4. The molecule has 5 saturated heterocycles. The molecule has 9 rings (SSSR count). The van der Waals surface area contributed by atoms with E-state index >= 15 is 0 Å². The number of aliphatic hydroxyl groups is 1. The van der Waals surface area contributed by atoms with Crippen LogP contribution in [0.3, 0.4) is 0 Å². The molecule has 11 N–H and O–H groups in total. The summed E-state index contributed by atoms with van der Waals surface area (Å²) in [7, 11) is -2.90. The first-order chi connectivity index (χ1) is 53.7. The Morgan fingerprint density at radius 2 is 0.931 bits per heavy atom. The first kappa shape index (κ1) is 108. The van der Waals surface area contributed by atoms with Crippen molar-refractivity contribution in [2.24, 2.45) is 108 Å². The van der Waals surface area contributed by atoms with Crippen LogP contribution in [0.25, 0.3) is 0 Å². The van der Waals surface area contributed by atoms with E-state index in [9.17, 15) is 51.6 Å². The molecular weight excluding hydrogens is 1500 g/mol. The molecule has 0 spiro atoms. The van der Waals surface area contributed by atoms with Crippen molar-refractivity contribution in [3.63, 3.8) is 0 Å². The molecule has 7 fully saturated rings. The third-order valence-electron chi connectivity index (χ3n) is 22.3. The van der Waals surface area contributed by atoms with E-state index in [0.717, 1.165) is 128 Å². The van der Waals surface area contributed by atoms with Gasteiger partial charge in [-0.05, 0) is 144 Å². The standard InChI is InChI=1S/C12H23NO2.C11H18N4O.C10H19NO3S.C10H19NO2.C10H21NO2.C9H17NO2.C9H17NO.C8H15NO2.C8H15NO/c1-10(2)9-12(3,4)11(14)13-5-7-15-8-6-13;1-9(2)3-4-11(16)14-5-6-15-10(7-14)12-8-13-15;1-4-10(2,3)9(12)11-5-7-15(13,14)8-6-11;1-8(2)7-10(9(11)12)3-5-13-6-4-10;1-8(2)7-10(3,4)9(13)11-5-6-12;1-7(2)3-4-9(11)10-8-5-12-6-8;1-7(2)6-9(8(10)11)4-3-5-9;1-6(2)3-8(7(9)10)4-11-5-8;1-6(2)5-8(3-4-8)7(9)10/h10H,5-9H2,1-4H3;8-9H,3-7H2,1-2H3;4-8H2,1-3H3;8H,3-7H2,1-2H3,(H2,11,12);8,12H,5-7H2,1-4H3,(H,11,13);7-8H,3-6H2,1-2H3,(H,10,11);7H,3-6H2,1-2H3,(H2,10,11);6H,3-5H2,1-2H3,(H2,9,10);6H,3-5H2,1-2H3,(H2,9,10). The Hall–Kier alpha value is -5.88. The molecule has 0 radical (unpaired) electrons. The highest BCUT2D eigenvalue weighted by molar-refractivity contribution is 7.91. The summed E-state index contributed by atoms with van der Waals surface area (Å²) >= 11 is 0. The number of morpholine rings is 1. The maximum atomic E-state index is 12.2. The summed E-state index contributed by atoms with van der Waals surface area (Å²) in [5.74, 6) is 5.80. The number of hydrogen-bond donors (Lipinski definition) is 7. The van der Waals surface area contributed by atoms with Crippen LogP contribution in [-0.4, -0.2) is 212 Å². The van der Waals surface area contributed by atoms with E-state index in [2.05, 4.69) is 131 Å². The smallest absolute Gasteiger partial charge is 0.228 e.